The number of halogens is 4. The van der Waals surface area contributed by atoms with Crippen LogP contribution in [0.3, 0.4) is 0 Å². The van der Waals surface area contributed by atoms with Gasteiger partial charge < -0.3 is 5.11 Å². The van der Waals surface area contributed by atoms with Crippen LogP contribution in [0.5, 0.6) is 0 Å². The highest BCUT2D eigenvalue weighted by atomic mass is 19.4. The second kappa shape index (κ2) is 4.97. The van der Waals surface area contributed by atoms with Gasteiger partial charge in [-0.25, -0.2) is 4.98 Å². The third-order valence-corrected chi connectivity index (χ3v) is 2.60. The quantitative estimate of drug-likeness (QED) is 0.670. The molecule has 0 aliphatic carbocycles. The number of pyridine rings is 1. The Morgan fingerprint density at radius 3 is 2.26 bits per heavy atom. The molecule has 6 heteroatoms. The molecule has 2 nitrogen and oxygen atoms in total. The Bertz CT molecular complexity index is 578. The molecule has 1 aromatic carbocycles. The summed E-state index contributed by atoms with van der Waals surface area (Å²) in [5.41, 5.74) is -0.0900. The number of aromatic nitrogens is 1. The van der Waals surface area contributed by atoms with Crippen LogP contribution in [-0.2, 0) is 12.8 Å². The lowest BCUT2D eigenvalue weighted by Crippen LogP contribution is -2.04. The highest BCUT2D eigenvalue weighted by Gasteiger charge is 2.30. The first-order valence-electron chi connectivity index (χ1n) is 5.34. The average Bonchev–Trinajstić information content (AvgIpc) is 2.38. The molecule has 0 saturated carbocycles. The van der Waals surface area contributed by atoms with E-state index in [1.807, 2.05) is 0 Å². The van der Waals surface area contributed by atoms with E-state index < -0.39 is 17.7 Å². The molecule has 1 heterocycles. The number of benzene rings is 1. The van der Waals surface area contributed by atoms with E-state index in [9.17, 15) is 17.6 Å². The predicted molar refractivity (Wildman–Crippen MR) is 60.6 cm³/mol. The van der Waals surface area contributed by atoms with E-state index in [0.29, 0.717) is 5.56 Å². The van der Waals surface area contributed by atoms with Crippen molar-refractivity contribution in [1.82, 2.24) is 4.98 Å². The Morgan fingerprint density at radius 1 is 1.11 bits per heavy atom. The van der Waals surface area contributed by atoms with Gasteiger partial charge in [-0.2, -0.15) is 17.6 Å². The average molecular weight is 271 g/mol. The molecule has 2 rings (SSSR count). The first-order valence-corrected chi connectivity index (χ1v) is 5.34. The summed E-state index contributed by atoms with van der Waals surface area (Å²) < 4.78 is 50.7. The van der Waals surface area contributed by atoms with Crippen molar-refractivity contribution < 1.29 is 22.7 Å². The lowest BCUT2D eigenvalue weighted by Gasteiger charge is -2.08. The molecular weight excluding hydrogens is 262 g/mol. The molecule has 0 amide bonds. The lowest BCUT2D eigenvalue weighted by molar-refractivity contribution is -0.137. The summed E-state index contributed by atoms with van der Waals surface area (Å²) in [6.45, 7) is -0.319. The van der Waals surface area contributed by atoms with Gasteiger partial charge in [-0.1, -0.05) is 12.1 Å². The second-order valence-electron chi connectivity index (χ2n) is 3.92. The number of aliphatic hydroxyl groups is 1. The molecular formula is C13H9F4NO. The number of alkyl halides is 3. The van der Waals surface area contributed by atoms with Gasteiger partial charge in [-0.05, 0) is 29.3 Å². The van der Waals surface area contributed by atoms with E-state index in [2.05, 4.69) is 4.98 Å². The highest BCUT2D eigenvalue weighted by molar-refractivity contribution is 5.64. The first kappa shape index (κ1) is 13.5. The van der Waals surface area contributed by atoms with Gasteiger partial charge in [0.15, 0.2) is 0 Å². The van der Waals surface area contributed by atoms with E-state index in [1.165, 1.54) is 24.4 Å². The number of hydrogen-bond donors (Lipinski definition) is 1. The van der Waals surface area contributed by atoms with Crippen molar-refractivity contribution in [3.8, 4) is 11.1 Å². The fraction of sp³-hybridized carbons (Fsp3) is 0.154. The van der Waals surface area contributed by atoms with Crippen molar-refractivity contribution in [3.05, 3.63) is 53.6 Å². The summed E-state index contributed by atoms with van der Waals surface area (Å²) in [6, 6.07) is 5.44. The summed E-state index contributed by atoms with van der Waals surface area (Å²) in [5, 5.41) is 8.94. The highest BCUT2D eigenvalue weighted by Crippen LogP contribution is 2.31. The fourth-order valence-corrected chi connectivity index (χ4v) is 1.62. The fourth-order valence-electron chi connectivity index (χ4n) is 1.62. The maximum atomic E-state index is 13.5. The normalized spacial score (nSPS) is 11.6. The molecule has 19 heavy (non-hydrogen) atoms. The van der Waals surface area contributed by atoms with Crippen LogP contribution < -0.4 is 0 Å². The second-order valence-corrected chi connectivity index (χ2v) is 3.92. The Labute approximate surface area is 106 Å². The standard InChI is InChI=1S/C13H9F4NO/c14-12-11(5-8(7-19)6-18-12)9-1-3-10(4-2-9)13(15,16)17/h1-6,19H,7H2. The topological polar surface area (TPSA) is 33.1 Å². The van der Waals surface area contributed by atoms with Gasteiger partial charge in [-0.15, -0.1) is 0 Å². The molecule has 0 atom stereocenters. The number of nitrogens with zero attached hydrogens (tertiary/aromatic N) is 1. The maximum Gasteiger partial charge on any atom is 0.416 e. The first-order chi connectivity index (χ1) is 8.91. The van der Waals surface area contributed by atoms with Crippen LogP contribution >= 0.6 is 0 Å². The summed E-state index contributed by atoms with van der Waals surface area (Å²) >= 11 is 0. The molecule has 1 aromatic heterocycles. The van der Waals surface area contributed by atoms with E-state index in [4.69, 9.17) is 5.11 Å². The molecule has 0 saturated heterocycles. The Hall–Kier alpha value is -1.95. The molecule has 100 valence electrons. The van der Waals surface area contributed by atoms with Gasteiger partial charge in [0.2, 0.25) is 5.95 Å². The van der Waals surface area contributed by atoms with Gasteiger partial charge in [-0.3, -0.25) is 0 Å². The summed E-state index contributed by atoms with van der Waals surface area (Å²) in [6.07, 6.45) is -3.26. The zero-order chi connectivity index (χ0) is 14.0. The minimum absolute atomic E-state index is 0.0558. The molecule has 1 N–H and O–H groups in total. The van der Waals surface area contributed by atoms with Crippen molar-refractivity contribution in [2.24, 2.45) is 0 Å². The largest absolute Gasteiger partial charge is 0.416 e. The Balaban J connectivity index is 2.42. The van der Waals surface area contributed by atoms with Crippen LogP contribution in [0.2, 0.25) is 0 Å². The van der Waals surface area contributed by atoms with E-state index >= 15 is 0 Å². The zero-order valence-electron chi connectivity index (χ0n) is 9.58. The molecule has 0 fully saturated rings. The SMILES string of the molecule is OCc1cnc(F)c(-c2ccc(C(F)(F)F)cc2)c1. The zero-order valence-corrected chi connectivity index (χ0v) is 9.58. The summed E-state index contributed by atoms with van der Waals surface area (Å²) in [5.74, 6) is -0.794. The number of hydrogen-bond acceptors (Lipinski definition) is 2. The lowest BCUT2D eigenvalue weighted by atomic mass is 10.0. The smallest absolute Gasteiger partial charge is 0.392 e. The molecule has 0 bridgehead atoms. The van der Waals surface area contributed by atoms with Gasteiger partial charge >= 0.3 is 6.18 Å². The van der Waals surface area contributed by atoms with Crippen LogP contribution in [0.1, 0.15) is 11.1 Å². The van der Waals surface area contributed by atoms with Crippen LogP contribution in [0.25, 0.3) is 11.1 Å². The van der Waals surface area contributed by atoms with Gasteiger partial charge in [0.05, 0.1) is 12.2 Å². The minimum Gasteiger partial charge on any atom is -0.392 e. The van der Waals surface area contributed by atoms with Crippen LogP contribution in [0.4, 0.5) is 17.6 Å². The summed E-state index contributed by atoms with van der Waals surface area (Å²) in [4.78, 5) is 3.45. The predicted octanol–water partition coefficient (Wildman–Crippen LogP) is 3.40. The van der Waals surface area contributed by atoms with Gasteiger partial charge in [0, 0.05) is 11.8 Å². The molecule has 0 aliphatic rings. The van der Waals surface area contributed by atoms with Crippen LogP contribution in [0.15, 0.2) is 36.5 Å². The minimum atomic E-state index is -4.43. The van der Waals surface area contributed by atoms with Gasteiger partial charge in [0.1, 0.15) is 0 Å². The van der Waals surface area contributed by atoms with Crippen molar-refractivity contribution in [2.75, 3.05) is 0 Å². The monoisotopic (exact) mass is 271 g/mol. The molecule has 0 spiro atoms. The molecule has 0 radical (unpaired) electrons. The van der Waals surface area contributed by atoms with E-state index in [0.717, 1.165) is 12.1 Å². The van der Waals surface area contributed by atoms with Crippen LogP contribution in [0, 0.1) is 5.95 Å². The van der Waals surface area contributed by atoms with E-state index in [-0.39, 0.29) is 17.7 Å². The molecule has 0 unspecified atom stereocenters. The molecule has 2 aromatic rings. The van der Waals surface area contributed by atoms with Crippen molar-refractivity contribution in [1.29, 1.82) is 0 Å². The van der Waals surface area contributed by atoms with Crippen LogP contribution in [-0.4, -0.2) is 10.1 Å². The van der Waals surface area contributed by atoms with Gasteiger partial charge in [0.25, 0.3) is 0 Å². The summed E-state index contributed by atoms with van der Waals surface area (Å²) in [7, 11) is 0. The van der Waals surface area contributed by atoms with E-state index in [1.54, 1.807) is 0 Å². The third-order valence-electron chi connectivity index (χ3n) is 2.60. The Morgan fingerprint density at radius 2 is 1.74 bits per heavy atom. The third kappa shape index (κ3) is 2.90. The van der Waals surface area contributed by atoms with Crippen molar-refractivity contribution >= 4 is 0 Å². The molecule has 0 aliphatic heterocycles. The maximum absolute atomic E-state index is 13.5. The van der Waals surface area contributed by atoms with Crippen molar-refractivity contribution in [2.45, 2.75) is 12.8 Å². The number of aliphatic hydroxyl groups excluding tert-OH is 1. The Kier molecular flexibility index (Phi) is 3.53. The van der Waals surface area contributed by atoms with Crippen molar-refractivity contribution in [3.63, 3.8) is 0 Å². The number of rotatable bonds is 2.